The molecule has 10 heteroatoms. The fourth-order valence-electron chi connectivity index (χ4n) is 4.19. The van der Waals surface area contributed by atoms with E-state index in [2.05, 4.69) is 5.32 Å². The molecule has 3 aromatic carbocycles. The van der Waals surface area contributed by atoms with Gasteiger partial charge in [0, 0.05) is 12.6 Å². The maximum Gasteiger partial charge on any atom is 0.264 e. The first-order valence-electron chi connectivity index (χ1n) is 13.6. The predicted molar refractivity (Wildman–Crippen MR) is 158 cm³/mol. The van der Waals surface area contributed by atoms with Gasteiger partial charge < -0.3 is 15.0 Å². The van der Waals surface area contributed by atoms with Gasteiger partial charge in [0.25, 0.3) is 10.0 Å². The zero-order valence-corrected chi connectivity index (χ0v) is 24.9. The number of anilines is 1. The lowest BCUT2D eigenvalue weighted by Gasteiger charge is -2.32. The molecule has 0 saturated heterocycles. The van der Waals surface area contributed by atoms with Gasteiger partial charge in [-0.2, -0.15) is 0 Å². The number of carbonyl (C=O) groups is 2. The van der Waals surface area contributed by atoms with Crippen LogP contribution < -0.4 is 14.4 Å². The SMILES string of the molecule is CCOc1ccc(N(CC(=O)N(Cc2cccc(C)c2)[C@@H](C)C(=O)N[C@H](C)CC)S(=O)(=O)c2ccc(F)cc2)cc1. The topological polar surface area (TPSA) is 96.0 Å². The van der Waals surface area contributed by atoms with Crippen LogP contribution in [-0.2, 0) is 26.2 Å². The Morgan fingerprint density at radius 3 is 2.22 bits per heavy atom. The third-order valence-electron chi connectivity index (χ3n) is 6.72. The van der Waals surface area contributed by atoms with E-state index in [0.717, 1.165) is 39.7 Å². The number of nitrogens with zero attached hydrogens (tertiary/aromatic N) is 2. The molecule has 1 N–H and O–H groups in total. The number of aryl methyl sites for hydroxylation is 1. The van der Waals surface area contributed by atoms with E-state index < -0.39 is 34.3 Å². The van der Waals surface area contributed by atoms with Crippen LogP contribution in [0.3, 0.4) is 0 Å². The second-order valence-corrected chi connectivity index (χ2v) is 11.8. The number of halogens is 1. The summed E-state index contributed by atoms with van der Waals surface area (Å²) >= 11 is 0. The Balaban J connectivity index is 2.03. The summed E-state index contributed by atoms with van der Waals surface area (Å²) in [6.07, 6.45) is 0.714. The van der Waals surface area contributed by atoms with Crippen molar-refractivity contribution in [1.29, 1.82) is 0 Å². The zero-order valence-electron chi connectivity index (χ0n) is 24.1. The van der Waals surface area contributed by atoms with Gasteiger partial charge in [-0.15, -0.1) is 0 Å². The summed E-state index contributed by atoms with van der Waals surface area (Å²) in [6.45, 7) is 9.16. The van der Waals surface area contributed by atoms with Crippen LogP contribution in [0.4, 0.5) is 10.1 Å². The van der Waals surface area contributed by atoms with Gasteiger partial charge >= 0.3 is 0 Å². The summed E-state index contributed by atoms with van der Waals surface area (Å²) < 4.78 is 47.7. The minimum atomic E-state index is -4.30. The van der Waals surface area contributed by atoms with E-state index in [1.54, 1.807) is 31.2 Å². The third-order valence-corrected chi connectivity index (χ3v) is 8.51. The summed E-state index contributed by atoms with van der Waals surface area (Å²) in [5, 5.41) is 2.91. The number of hydrogen-bond donors (Lipinski definition) is 1. The fourth-order valence-corrected chi connectivity index (χ4v) is 5.61. The van der Waals surface area contributed by atoms with Gasteiger partial charge in [-0.1, -0.05) is 36.8 Å². The van der Waals surface area contributed by atoms with Crippen LogP contribution in [0.5, 0.6) is 5.75 Å². The Morgan fingerprint density at radius 1 is 0.976 bits per heavy atom. The molecule has 0 unspecified atom stereocenters. The molecule has 0 aliphatic carbocycles. The molecule has 3 rings (SSSR count). The molecule has 0 aliphatic rings. The Bertz CT molecular complexity index is 1430. The highest BCUT2D eigenvalue weighted by atomic mass is 32.2. The molecule has 0 radical (unpaired) electrons. The van der Waals surface area contributed by atoms with Crippen molar-refractivity contribution in [3.63, 3.8) is 0 Å². The Kier molecular flexibility index (Phi) is 10.9. The van der Waals surface area contributed by atoms with E-state index in [4.69, 9.17) is 4.74 Å². The van der Waals surface area contributed by atoms with Crippen molar-refractivity contribution in [2.45, 2.75) is 64.6 Å². The standard InChI is InChI=1S/C31H38FN3O5S/c1-6-23(4)33-31(37)24(5)34(20-25-10-8-9-22(3)19-25)30(36)21-35(27-13-15-28(16-14-27)40-7-2)41(38,39)29-17-11-26(32)12-18-29/h8-19,23-24H,6-7,20-21H2,1-5H3,(H,33,37)/t23-,24+/m1/s1. The van der Waals surface area contributed by atoms with Crippen molar-refractivity contribution in [3.05, 3.63) is 89.7 Å². The highest BCUT2D eigenvalue weighted by Gasteiger charge is 2.33. The number of rotatable bonds is 13. The van der Waals surface area contributed by atoms with Crippen LogP contribution in [0.15, 0.2) is 77.7 Å². The molecular formula is C31H38FN3O5S. The number of nitrogens with one attached hydrogen (secondary N) is 1. The van der Waals surface area contributed by atoms with E-state index in [-0.39, 0.29) is 29.1 Å². The minimum absolute atomic E-state index is 0.0971. The third kappa shape index (κ3) is 8.29. The second kappa shape index (κ2) is 14.1. The van der Waals surface area contributed by atoms with Crippen molar-refractivity contribution in [2.75, 3.05) is 17.5 Å². The molecule has 220 valence electrons. The average molecular weight is 584 g/mol. The number of sulfonamides is 1. The van der Waals surface area contributed by atoms with Gasteiger partial charge in [0.1, 0.15) is 24.2 Å². The minimum Gasteiger partial charge on any atom is -0.494 e. The lowest BCUT2D eigenvalue weighted by molar-refractivity contribution is -0.139. The van der Waals surface area contributed by atoms with Gasteiger partial charge in [-0.3, -0.25) is 13.9 Å². The van der Waals surface area contributed by atoms with Crippen molar-refractivity contribution >= 4 is 27.5 Å². The Morgan fingerprint density at radius 2 is 1.63 bits per heavy atom. The van der Waals surface area contributed by atoms with Crippen LogP contribution in [0.2, 0.25) is 0 Å². The van der Waals surface area contributed by atoms with Crippen LogP contribution in [0.1, 0.15) is 45.2 Å². The molecule has 2 atom stereocenters. The summed E-state index contributed by atoms with van der Waals surface area (Å²) in [4.78, 5) is 28.3. The first-order valence-corrected chi connectivity index (χ1v) is 15.1. The number of carbonyl (C=O) groups excluding carboxylic acids is 2. The van der Waals surface area contributed by atoms with Gasteiger partial charge in [-0.05, 0) is 88.2 Å². The molecule has 8 nitrogen and oxygen atoms in total. The quantitative estimate of drug-likeness (QED) is 0.304. The molecule has 3 aromatic rings. The maximum atomic E-state index is 14.0. The van der Waals surface area contributed by atoms with Gasteiger partial charge in [0.2, 0.25) is 11.8 Å². The van der Waals surface area contributed by atoms with Crippen molar-refractivity contribution in [1.82, 2.24) is 10.2 Å². The molecule has 0 heterocycles. The van der Waals surface area contributed by atoms with Crippen LogP contribution in [0.25, 0.3) is 0 Å². The number of amides is 2. The molecule has 0 spiro atoms. The molecule has 0 saturated carbocycles. The van der Waals surface area contributed by atoms with E-state index in [1.807, 2.05) is 52.0 Å². The molecule has 0 aliphatic heterocycles. The van der Waals surface area contributed by atoms with E-state index in [9.17, 15) is 22.4 Å². The van der Waals surface area contributed by atoms with E-state index in [0.29, 0.717) is 18.8 Å². The summed E-state index contributed by atoms with van der Waals surface area (Å²) in [5.74, 6) is -0.955. The summed E-state index contributed by atoms with van der Waals surface area (Å²) in [5.41, 5.74) is 2.01. The molecular weight excluding hydrogens is 545 g/mol. The molecule has 41 heavy (non-hydrogen) atoms. The van der Waals surface area contributed by atoms with Crippen LogP contribution >= 0.6 is 0 Å². The highest BCUT2D eigenvalue weighted by Crippen LogP contribution is 2.27. The van der Waals surface area contributed by atoms with Gasteiger partial charge in [-0.25, -0.2) is 12.8 Å². The number of hydrogen-bond acceptors (Lipinski definition) is 5. The van der Waals surface area contributed by atoms with Crippen LogP contribution in [0, 0.1) is 12.7 Å². The van der Waals surface area contributed by atoms with Crippen molar-refractivity contribution in [3.8, 4) is 5.75 Å². The number of benzene rings is 3. The molecule has 0 bridgehead atoms. The van der Waals surface area contributed by atoms with Gasteiger partial charge in [0.15, 0.2) is 0 Å². The first kappa shape index (κ1) is 31.6. The van der Waals surface area contributed by atoms with Crippen molar-refractivity contribution < 1.29 is 27.1 Å². The normalized spacial score (nSPS) is 12.7. The first-order chi connectivity index (χ1) is 19.5. The highest BCUT2D eigenvalue weighted by molar-refractivity contribution is 7.92. The predicted octanol–water partition coefficient (Wildman–Crippen LogP) is 5.06. The Hall–Kier alpha value is -3.92. The summed E-state index contributed by atoms with van der Waals surface area (Å²) in [6, 6.07) is 17.3. The molecule has 0 fully saturated rings. The lowest BCUT2D eigenvalue weighted by Crippen LogP contribution is -2.52. The summed E-state index contributed by atoms with van der Waals surface area (Å²) in [7, 11) is -4.30. The zero-order chi connectivity index (χ0) is 30.2. The van der Waals surface area contributed by atoms with Gasteiger partial charge in [0.05, 0.1) is 17.2 Å². The van der Waals surface area contributed by atoms with Crippen LogP contribution in [-0.4, -0.2) is 50.4 Å². The number of ether oxygens (including phenoxy) is 1. The average Bonchev–Trinajstić information content (AvgIpc) is 2.95. The molecule has 2 amide bonds. The second-order valence-electron chi connectivity index (χ2n) is 9.90. The van der Waals surface area contributed by atoms with E-state index >= 15 is 0 Å². The van der Waals surface area contributed by atoms with E-state index in [1.165, 1.54) is 4.90 Å². The fraction of sp³-hybridized carbons (Fsp3) is 0.355. The maximum absolute atomic E-state index is 14.0. The Labute approximate surface area is 242 Å². The largest absolute Gasteiger partial charge is 0.494 e. The monoisotopic (exact) mass is 583 g/mol. The lowest BCUT2D eigenvalue weighted by atomic mass is 10.1. The smallest absolute Gasteiger partial charge is 0.264 e. The van der Waals surface area contributed by atoms with Crippen molar-refractivity contribution in [2.24, 2.45) is 0 Å². The molecule has 0 aromatic heterocycles.